The first kappa shape index (κ1) is 28.5. The lowest BCUT2D eigenvalue weighted by molar-refractivity contribution is -0.150. The first-order chi connectivity index (χ1) is 18.5. The van der Waals surface area contributed by atoms with Crippen LogP contribution in [0.2, 0.25) is 0 Å². The average molecular weight is 521 g/mol. The van der Waals surface area contributed by atoms with Gasteiger partial charge in [-0.1, -0.05) is 91.0 Å². The van der Waals surface area contributed by atoms with Gasteiger partial charge < -0.3 is 19.3 Å². The quantitative estimate of drug-likeness (QED) is 0.158. The topological polar surface area (TPSA) is 123 Å². The molecule has 0 aliphatic carbocycles. The smallest absolute Gasteiger partial charge is 0.323 e. The molecule has 0 saturated heterocycles. The Morgan fingerprint density at radius 2 is 1.11 bits per heavy atom. The summed E-state index contributed by atoms with van der Waals surface area (Å²) in [7, 11) is 0. The van der Waals surface area contributed by atoms with Crippen molar-refractivity contribution in [1.29, 1.82) is 0 Å². The van der Waals surface area contributed by atoms with Gasteiger partial charge >= 0.3 is 17.9 Å². The second-order valence-corrected chi connectivity index (χ2v) is 8.43. The van der Waals surface area contributed by atoms with Crippen LogP contribution in [0.3, 0.4) is 0 Å². The van der Waals surface area contributed by atoms with Crippen LogP contribution < -0.4 is 10.6 Å². The van der Waals surface area contributed by atoms with Crippen molar-refractivity contribution in [3.8, 4) is 0 Å². The van der Waals surface area contributed by atoms with E-state index < -0.39 is 30.3 Å². The molecule has 3 N–H and O–H groups in total. The normalized spacial score (nSPS) is 12.2. The number of hydrogen-bond donors (Lipinski definition) is 3. The van der Waals surface area contributed by atoms with Crippen molar-refractivity contribution in [2.24, 2.45) is 0 Å². The SMILES string of the molecule is O=C(CC[C@H](N[C@@H](O)NCC(=O)OCc1ccccc1)C(=O)OCc1ccccc1)OCc1ccccc1. The van der Waals surface area contributed by atoms with Gasteiger partial charge in [0, 0.05) is 6.42 Å². The summed E-state index contributed by atoms with van der Waals surface area (Å²) in [4.78, 5) is 37.1. The van der Waals surface area contributed by atoms with Crippen LogP contribution in [0.5, 0.6) is 0 Å². The zero-order chi connectivity index (χ0) is 27.0. The molecule has 0 radical (unpaired) electrons. The van der Waals surface area contributed by atoms with Gasteiger partial charge in [-0.2, -0.15) is 0 Å². The van der Waals surface area contributed by atoms with E-state index in [2.05, 4.69) is 10.6 Å². The van der Waals surface area contributed by atoms with Gasteiger partial charge in [0.25, 0.3) is 0 Å². The number of esters is 3. The molecular weight excluding hydrogens is 488 g/mol. The van der Waals surface area contributed by atoms with Crippen molar-refractivity contribution in [2.45, 2.75) is 45.1 Å². The first-order valence-corrected chi connectivity index (χ1v) is 12.3. The van der Waals surface area contributed by atoms with Crippen LogP contribution in [0.25, 0.3) is 0 Å². The Balaban J connectivity index is 1.48. The number of aliphatic hydroxyl groups excluding tert-OH is 1. The number of carbonyl (C=O) groups excluding carboxylic acids is 3. The number of nitrogens with one attached hydrogen (secondary N) is 2. The van der Waals surface area contributed by atoms with Crippen molar-refractivity contribution in [1.82, 2.24) is 10.6 Å². The molecule has 0 fully saturated rings. The molecule has 0 unspecified atom stereocenters. The molecule has 0 aliphatic heterocycles. The lowest BCUT2D eigenvalue weighted by atomic mass is 10.1. The maximum Gasteiger partial charge on any atom is 0.323 e. The summed E-state index contributed by atoms with van der Waals surface area (Å²) < 4.78 is 15.8. The summed E-state index contributed by atoms with van der Waals surface area (Å²) in [6.45, 7) is -0.0482. The van der Waals surface area contributed by atoms with Crippen LogP contribution >= 0.6 is 0 Å². The third kappa shape index (κ3) is 10.9. The fourth-order valence-corrected chi connectivity index (χ4v) is 3.39. The van der Waals surface area contributed by atoms with Crippen LogP contribution in [-0.2, 0) is 48.4 Å². The molecule has 9 heteroatoms. The van der Waals surface area contributed by atoms with Gasteiger partial charge in [0.05, 0.1) is 6.54 Å². The van der Waals surface area contributed by atoms with Gasteiger partial charge in [-0.15, -0.1) is 0 Å². The minimum atomic E-state index is -1.44. The molecule has 38 heavy (non-hydrogen) atoms. The van der Waals surface area contributed by atoms with Gasteiger partial charge in [-0.3, -0.25) is 25.0 Å². The van der Waals surface area contributed by atoms with Crippen LogP contribution in [0.15, 0.2) is 91.0 Å². The van der Waals surface area contributed by atoms with E-state index in [9.17, 15) is 19.5 Å². The molecule has 9 nitrogen and oxygen atoms in total. The van der Waals surface area contributed by atoms with Gasteiger partial charge in [0.2, 0.25) is 0 Å². The monoisotopic (exact) mass is 520 g/mol. The summed E-state index contributed by atoms with van der Waals surface area (Å²) in [5.74, 6) is -1.73. The summed E-state index contributed by atoms with van der Waals surface area (Å²) in [5.41, 5.74) is 2.47. The highest BCUT2D eigenvalue weighted by Gasteiger charge is 2.24. The molecule has 200 valence electrons. The van der Waals surface area contributed by atoms with Gasteiger partial charge in [-0.05, 0) is 23.1 Å². The second-order valence-electron chi connectivity index (χ2n) is 8.43. The van der Waals surface area contributed by atoms with Crippen LogP contribution in [-0.4, -0.2) is 42.0 Å². The van der Waals surface area contributed by atoms with Crippen molar-refractivity contribution in [3.05, 3.63) is 108 Å². The molecule has 0 heterocycles. The molecule has 3 aromatic carbocycles. The lowest BCUT2D eigenvalue weighted by Gasteiger charge is -2.22. The van der Waals surface area contributed by atoms with Crippen molar-refractivity contribution < 1.29 is 33.7 Å². The van der Waals surface area contributed by atoms with E-state index in [1.165, 1.54) is 0 Å². The van der Waals surface area contributed by atoms with Crippen LogP contribution in [0.4, 0.5) is 0 Å². The van der Waals surface area contributed by atoms with E-state index in [0.29, 0.717) is 0 Å². The maximum atomic E-state index is 12.8. The van der Waals surface area contributed by atoms with E-state index in [1.54, 1.807) is 0 Å². The number of aliphatic hydroxyl groups is 1. The Bertz CT molecular complexity index is 1130. The van der Waals surface area contributed by atoms with Gasteiger partial charge in [0.15, 0.2) is 6.35 Å². The molecule has 0 aromatic heterocycles. The lowest BCUT2D eigenvalue weighted by Crippen LogP contribution is -2.52. The highest BCUT2D eigenvalue weighted by molar-refractivity contribution is 5.77. The molecule has 0 saturated carbocycles. The third-order valence-corrected chi connectivity index (χ3v) is 5.43. The number of benzene rings is 3. The minimum Gasteiger partial charge on any atom is -0.461 e. The third-order valence-electron chi connectivity index (χ3n) is 5.43. The largest absolute Gasteiger partial charge is 0.461 e. The Morgan fingerprint density at radius 1 is 0.658 bits per heavy atom. The molecule has 0 spiro atoms. The molecule has 3 aromatic rings. The van der Waals surface area contributed by atoms with E-state index in [4.69, 9.17) is 14.2 Å². The Kier molecular flexibility index (Phi) is 12.0. The summed E-state index contributed by atoms with van der Waals surface area (Å²) >= 11 is 0. The molecule has 2 atom stereocenters. The minimum absolute atomic E-state index is 0.0123. The summed E-state index contributed by atoms with van der Waals surface area (Å²) in [5, 5.41) is 15.6. The van der Waals surface area contributed by atoms with Gasteiger partial charge in [0.1, 0.15) is 25.9 Å². The van der Waals surface area contributed by atoms with E-state index in [0.717, 1.165) is 16.7 Å². The number of ether oxygens (including phenoxy) is 3. The molecule has 0 bridgehead atoms. The Morgan fingerprint density at radius 3 is 1.61 bits per heavy atom. The fourth-order valence-electron chi connectivity index (χ4n) is 3.39. The van der Waals surface area contributed by atoms with Crippen molar-refractivity contribution >= 4 is 17.9 Å². The average Bonchev–Trinajstić information content (AvgIpc) is 2.96. The second kappa shape index (κ2) is 15.9. The summed E-state index contributed by atoms with van der Waals surface area (Å²) in [6, 6.07) is 26.5. The number of carbonyl (C=O) groups is 3. The zero-order valence-corrected chi connectivity index (χ0v) is 21.0. The fraction of sp³-hybridized carbons (Fsp3) is 0.276. The predicted octanol–water partition coefficient (Wildman–Crippen LogP) is 2.82. The van der Waals surface area contributed by atoms with Crippen molar-refractivity contribution in [3.63, 3.8) is 0 Å². The standard InChI is InChI=1S/C29H32N2O7/c32-26(36-19-22-10-4-1-5-11-22)17-16-25(28(34)38-21-24-14-8-3-9-15-24)31-29(35)30-18-27(33)37-20-23-12-6-2-7-13-23/h1-15,25,29-31,35H,16-21H2/t25-,29-/m0/s1. The number of hydrogen-bond acceptors (Lipinski definition) is 9. The molecule has 3 rings (SSSR count). The maximum absolute atomic E-state index is 12.8. The highest BCUT2D eigenvalue weighted by atomic mass is 16.5. The van der Waals surface area contributed by atoms with Crippen LogP contribution in [0.1, 0.15) is 29.5 Å². The first-order valence-electron chi connectivity index (χ1n) is 12.3. The Hall–Kier alpha value is -4.05. The highest BCUT2D eigenvalue weighted by Crippen LogP contribution is 2.08. The van der Waals surface area contributed by atoms with E-state index in [1.807, 2.05) is 91.0 Å². The van der Waals surface area contributed by atoms with E-state index >= 15 is 0 Å². The molecule has 0 amide bonds. The predicted molar refractivity (Wildman–Crippen MR) is 139 cm³/mol. The van der Waals surface area contributed by atoms with Crippen molar-refractivity contribution in [2.75, 3.05) is 6.54 Å². The summed E-state index contributed by atoms with van der Waals surface area (Å²) in [6.07, 6.45) is -1.51. The molecular formula is C29H32N2O7. The molecule has 0 aliphatic rings. The Labute approximate surface area is 221 Å². The van der Waals surface area contributed by atoms with Crippen LogP contribution in [0, 0.1) is 0 Å². The number of rotatable bonds is 15. The van der Waals surface area contributed by atoms with Gasteiger partial charge in [-0.25, -0.2) is 0 Å². The van der Waals surface area contributed by atoms with E-state index in [-0.39, 0.29) is 39.2 Å². The zero-order valence-electron chi connectivity index (χ0n) is 21.0.